The van der Waals surface area contributed by atoms with E-state index in [1.807, 2.05) is 31.2 Å². The SMILES string of the molecule is CCOc1ccc(CCCNC(=O)C(C)N(c2ccc(Cl)cc2)S(C)(=O)=O)cc1. The van der Waals surface area contributed by atoms with E-state index in [0.717, 1.165) is 34.7 Å². The van der Waals surface area contributed by atoms with Gasteiger partial charge in [0.25, 0.3) is 0 Å². The molecule has 0 radical (unpaired) electrons. The summed E-state index contributed by atoms with van der Waals surface area (Å²) in [5.74, 6) is 0.485. The molecule has 0 aromatic heterocycles. The van der Waals surface area contributed by atoms with Crippen molar-refractivity contribution in [1.82, 2.24) is 5.32 Å². The predicted octanol–water partition coefficient (Wildman–Crippen LogP) is 3.64. The third kappa shape index (κ3) is 6.94. The van der Waals surface area contributed by atoms with Crippen molar-refractivity contribution in [3.8, 4) is 5.75 Å². The lowest BCUT2D eigenvalue weighted by Gasteiger charge is -2.28. The number of rotatable bonds is 10. The molecule has 0 bridgehead atoms. The highest BCUT2D eigenvalue weighted by atomic mass is 35.5. The molecule has 0 spiro atoms. The van der Waals surface area contributed by atoms with Crippen LogP contribution in [0.2, 0.25) is 5.02 Å². The Morgan fingerprint density at radius 1 is 1.14 bits per heavy atom. The number of hydrogen-bond donors (Lipinski definition) is 1. The minimum Gasteiger partial charge on any atom is -0.494 e. The average Bonchev–Trinajstić information content (AvgIpc) is 2.67. The van der Waals surface area contributed by atoms with E-state index in [4.69, 9.17) is 16.3 Å². The van der Waals surface area contributed by atoms with E-state index < -0.39 is 16.1 Å². The topological polar surface area (TPSA) is 75.7 Å². The molecule has 1 unspecified atom stereocenters. The van der Waals surface area contributed by atoms with E-state index in [1.54, 1.807) is 31.2 Å². The number of halogens is 1. The van der Waals surface area contributed by atoms with Crippen LogP contribution in [0.4, 0.5) is 5.69 Å². The Morgan fingerprint density at radius 2 is 1.76 bits per heavy atom. The zero-order chi connectivity index (χ0) is 21.4. The molecule has 0 aliphatic rings. The minimum atomic E-state index is -3.64. The largest absolute Gasteiger partial charge is 0.494 e. The normalized spacial score (nSPS) is 12.3. The number of sulfonamides is 1. The van der Waals surface area contributed by atoms with Gasteiger partial charge >= 0.3 is 0 Å². The molecule has 0 aliphatic carbocycles. The highest BCUT2D eigenvalue weighted by Crippen LogP contribution is 2.23. The second kappa shape index (κ2) is 10.5. The molecule has 8 heteroatoms. The van der Waals surface area contributed by atoms with Crippen molar-refractivity contribution in [2.75, 3.05) is 23.7 Å². The van der Waals surface area contributed by atoms with Crippen LogP contribution in [0.1, 0.15) is 25.8 Å². The Balaban J connectivity index is 1.91. The van der Waals surface area contributed by atoms with Gasteiger partial charge in [-0.25, -0.2) is 8.42 Å². The summed E-state index contributed by atoms with van der Waals surface area (Å²) >= 11 is 5.88. The average molecular weight is 439 g/mol. The first-order chi connectivity index (χ1) is 13.7. The molecular formula is C21H27ClN2O4S. The fourth-order valence-electron chi connectivity index (χ4n) is 2.97. The van der Waals surface area contributed by atoms with Gasteiger partial charge in [-0.15, -0.1) is 0 Å². The van der Waals surface area contributed by atoms with E-state index in [1.165, 1.54) is 0 Å². The highest BCUT2D eigenvalue weighted by Gasteiger charge is 2.28. The molecule has 0 heterocycles. The summed E-state index contributed by atoms with van der Waals surface area (Å²) in [6.45, 7) is 4.59. The van der Waals surface area contributed by atoms with Gasteiger partial charge < -0.3 is 10.1 Å². The minimum absolute atomic E-state index is 0.350. The fraction of sp³-hybridized carbons (Fsp3) is 0.381. The molecule has 1 N–H and O–H groups in total. The van der Waals surface area contributed by atoms with E-state index in [2.05, 4.69) is 5.32 Å². The maximum Gasteiger partial charge on any atom is 0.243 e. The standard InChI is InChI=1S/C21H27ClN2O4S/c1-4-28-20-13-7-17(8-14-20)6-5-15-23-21(25)16(2)24(29(3,26)27)19-11-9-18(22)10-12-19/h7-14,16H,4-6,15H2,1-3H3,(H,23,25). The Kier molecular flexibility index (Phi) is 8.34. The summed E-state index contributed by atoms with van der Waals surface area (Å²) in [5.41, 5.74) is 1.55. The molecule has 2 rings (SSSR count). The third-order valence-electron chi connectivity index (χ3n) is 4.35. The van der Waals surface area contributed by atoms with Gasteiger partial charge in [-0.3, -0.25) is 9.10 Å². The molecule has 2 aromatic carbocycles. The number of hydrogen-bond acceptors (Lipinski definition) is 4. The Morgan fingerprint density at radius 3 is 2.31 bits per heavy atom. The van der Waals surface area contributed by atoms with Crippen molar-refractivity contribution < 1.29 is 17.9 Å². The van der Waals surface area contributed by atoms with Crippen LogP contribution in [0, 0.1) is 0 Å². The van der Waals surface area contributed by atoms with Gasteiger partial charge in [-0.05, 0) is 68.7 Å². The zero-order valence-corrected chi connectivity index (χ0v) is 18.5. The smallest absolute Gasteiger partial charge is 0.243 e. The van der Waals surface area contributed by atoms with Crippen molar-refractivity contribution in [2.45, 2.75) is 32.7 Å². The van der Waals surface area contributed by atoms with Crippen LogP contribution in [0.3, 0.4) is 0 Å². The van der Waals surface area contributed by atoms with Crippen LogP contribution in [0.25, 0.3) is 0 Å². The molecule has 29 heavy (non-hydrogen) atoms. The van der Waals surface area contributed by atoms with Gasteiger partial charge in [0.15, 0.2) is 0 Å². The lowest BCUT2D eigenvalue weighted by atomic mass is 10.1. The van der Waals surface area contributed by atoms with Crippen LogP contribution in [0.5, 0.6) is 5.75 Å². The van der Waals surface area contributed by atoms with Gasteiger partial charge in [0.2, 0.25) is 15.9 Å². The lowest BCUT2D eigenvalue weighted by Crippen LogP contribution is -2.48. The number of carbonyl (C=O) groups is 1. The summed E-state index contributed by atoms with van der Waals surface area (Å²) in [7, 11) is -3.64. The number of anilines is 1. The molecule has 2 aromatic rings. The number of nitrogens with one attached hydrogen (secondary N) is 1. The predicted molar refractivity (Wildman–Crippen MR) is 117 cm³/mol. The van der Waals surface area contributed by atoms with Crippen molar-refractivity contribution in [2.24, 2.45) is 0 Å². The molecular weight excluding hydrogens is 412 g/mol. The zero-order valence-electron chi connectivity index (χ0n) is 16.9. The van der Waals surface area contributed by atoms with E-state index >= 15 is 0 Å². The van der Waals surface area contributed by atoms with E-state index in [0.29, 0.717) is 23.9 Å². The second-order valence-electron chi connectivity index (χ2n) is 6.68. The number of amides is 1. The van der Waals surface area contributed by atoms with E-state index in [9.17, 15) is 13.2 Å². The molecule has 0 aliphatic heterocycles. The summed E-state index contributed by atoms with van der Waals surface area (Å²) in [6.07, 6.45) is 2.62. The highest BCUT2D eigenvalue weighted by molar-refractivity contribution is 7.92. The Hall–Kier alpha value is -2.25. The number of ether oxygens (including phenoxy) is 1. The maximum absolute atomic E-state index is 12.5. The molecule has 158 valence electrons. The summed E-state index contributed by atoms with van der Waals surface area (Å²) in [4.78, 5) is 12.5. The summed E-state index contributed by atoms with van der Waals surface area (Å²) < 4.78 is 31.0. The van der Waals surface area contributed by atoms with E-state index in [-0.39, 0.29) is 5.91 Å². The molecule has 6 nitrogen and oxygen atoms in total. The van der Waals surface area contributed by atoms with Crippen LogP contribution < -0.4 is 14.4 Å². The molecule has 1 atom stereocenters. The number of carbonyl (C=O) groups excluding carboxylic acids is 1. The summed E-state index contributed by atoms with van der Waals surface area (Å²) in [6, 6.07) is 13.3. The number of benzene rings is 2. The van der Waals surface area contributed by atoms with Crippen LogP contribution >= 0.6 is 11.6 Å². The van der Waals surface area contributed by atoms with Gasteiger partial charge in [0, 0.05) is 11.6 Å². The van der Waals surface area contributed by atoms with Crippen molar-refractivity contribution >= 4 is 33.2 Å². The van der Waals surface area contributed by atoms with Crippen molar-refractivity contribution in [3.05, 3.63) is 59.1 Å². The van der Waals surface area contributed by atoms with Crippen molar-refractivity contribution in [1.29, 1.82) is 0 Å². The molecule has 0 saturated heterocycles. The van der Waals surface area contributed by atoms with Crippen molar-refractivity contribution in [3.63, 3.8) is 0 Å². The number of nitrogens with zero attached hydrogens (tertiary/aromatic N) is 1. The van der Waals surface area contributed by atoms with Gasteiger partial charge in [0.05, 0.1) is 18.6 Å². The third-order valence-corrected chi connectivity index (χ3v) is 5.84. The number of aryl methyl sites for hydroxylation is 1. The lowest BCUT2D eigenvalue weighted by molar-refractivity contribution is -0.121. The van der Waals surface area contributed by atoms with Gasteiger partial charge in [0.1, 0.15) is 11.8 Å². The van der Waals surface area contributed by atoms with Crippen LogP contribution in [-0.4, -0.2) is 39.8 Å². The first-order valence-corrected chi connectivity index (χ1v) is 11.7. The molecule has 1 amide bonds. The second-order valence-corrected chi connectivity index (χ2v) is 8.98. The monoisotopic (exact) mass is 438 g/mol. The molecule has 0 saturated carbocycles. The first-order valence-electron chi connectivity index (χ1n) is 9.46. The maximum atomic E-state index is 12.5. The quantitative estimate of drug-likeness (QED) is 0.574. The Labute approximate surface area is 177 Å². The fourth-order valence-corrected chi connectivity index (χ4v) is 4.27. The first kappa shape index (κ1) is 23.0. The molecule has 0 fully saturated rings. The Bertz CT molecular complexity index is 899. The van der Waals surface area contributed by atoms with Crippen LogP contribution in [-0.2, 0) is 21.2 Å². The van der Waals surface area contributed by atoms with Gasteiger partial charge in [-0.1, -0.05) is 23.7 Å². The van der Waals surface area contributed by atoms with Crippen LogP contribution in [0.15, 0.2) is 48.5 Å². The summed E-state index contributed by atoms with van der Waals surface area (Å²) in [5, 5.41) is 3.32. The van der Waals surface area contributed by atoms with Gasteiger partial charge in [-0.2, -0.15) is 0 Å².